The van der Waals surface area contributed by atoms with Gasteiger partial charge in [0.2, 0.25) is 0 Å². The van der Waals surface area contributed by atoms with Crippen molar-refractivity contribution in [3.05, 3.63) is 52.6 Å². The van der Waals surface area contributed by atoms with Crippen molar-refractivity contribution >= 4 is 59.5 Å². The molecule has 172 valence electrons. The minimum Gasteiger partial charge on any atom is -0.358 e. The SMILES string of the molecule is CCN1CCC(S(=N)(=O)c2ccc(S(=O)(=O)Nc3ccc(Cl)c4c(Cl)c[nH]c34)cc2)CC1. The summed E-state index contributed by atoms with van der Waals surface area (Å²) < 4.78 is 50.2. The molecule has 1 atom stereocenters. The number of hydrogen-bond donors (Lipinski definition) is 3. The molecule has 2 aromatic carbocycles. The minimum atomic E-state index is -3.92. The number of anilines is 1. The number of piperidine rings is 1. The number of likely N-dealkylation sites (tertiary alicyclic amines) is 1. The Labute approximate surface area is 198 Å². The van der Waals surface area contributed by atoms with Crippen molar-refractivity contribution in [3.8, 4) is 0 Å². The zero-order valence-corrected chi connectivity index (χ0v) is 20.5. The molecule has 3 N–H and O–H groups in total. The summed E-state index contributed by atoms with van der Waals surface area (Å²) in [6, 6.07) is 8.88. The van der Waals surface area contributed by atoms with E-state index in [9.17, 15) is 12.6 Å². The highest BCUT2D eigenvalue weighted by Gasteiger charge is 2.28. The van der Waals surface area contributed by atoms with Crippen molar-refractivity contribution in [2.75, 3.05) is 24.4 Å². The van der Waals surface area contributed by atoms with Gasteiger partial charge in [-0.3, -0.25) is 4.72 Å². The van der Waals surface area contributed by atoms with Crippen molar-refractivity contribution in [2.24, 2.45) is 0 Å². The first-order valence-corrected chi connectivity index (χ1v) is 14.1. The Bertz CT molecular complexity index is 1350. The van der Waals surface area contributed by atoms with Crippen LogP contribution in [0.4, 0.5) is 5.69 Å². The molecule has 1 saturated heterocycles. The molecule has 0 bridgehead atoms. The smallest absolute Gasteiger partial charge is 0.261 e. The molecule has 2 heterocycles. The van der Waals surface area contributed by atoms with Crippen molar-refractivity contribution < 1.29 is 12.6 Å². The Kier molecular flexibility index (Phi) is 6.48. The van der Waals surface area contributed by atoms with Gasteiger partial charge in [0.25, 0.3) is 10.0 Å². The fraction of sp³-hybridized carbons (Fsp3) is 0.333. The standard InChI is InChI=1S/C21H24Cl2N4O3S2/c1-2-27-11-9-15(10-12-27)31(24,28)14-3-5-16(6-4-14)32(29,30)26-19-8-7-17(22)20-18(23)13-25-21(19)20/h3-8,13,15,24-26H,2,9-12H2,1H3. The molecule has 1 fully saturated rings. The van der Waals surface area contributed by atoms with Gasteiger partial charge in [-0.1, -0.05) is 30.1 Å². The predicted octanol–water partition coefficient (Wildman–Crippen LogP) is 5.17. The van der Waals surface area contributed by atoms with Crippen molar-refractivity contribution in [2.45, 2.75) is 34.8 Å². The number of fused-ring (bicyclic) bond motifs is 1. The van der Waals surface area contributed by atoms with Gasteiger partial charge in [0.1, 0.15) is 0 Å². The molecule has 4 rings (SSSR count). The van der Waals surface area contributed by atoms with Crippen LogP contribution in [0.3, 0.4) is 0 Å². The maximum absolute atomic E-state index is 13.2. The van der Waals surface area contributed by atoms with Gasteiger partial charge < -0.3 is 9.88 Å². The van der Waals surface area contributed by atoms with Gasteiger partial charge in [-0.15, -0.1) is 0 Å². The Morgan fingerprint density at radius 3 is 2.28 bits per heavy atom. The average Bonchev–Trinajstić information content (AvgIpc) is 3.18. The molecule has 0 aliphatic carbocycles. The lowest BCUT2D eigenvalue weighted by molar-refractivity contribution is 0.242. The van der Waals surface area contributed by atoms with Crippen LogP contribution in [0.5, 0.6) is 0 Å². The number of benzene rings is 2. The Balaban J connectivity index is 1.57. The van der Waals surface area contributed by atoms with Crippen molar-refractivity contribution in [3.63, 3.8) is 0 Å². The topological polar surface area (TPSA) is 106 Å². The maximum Gasteiger partial charge on any atom is 0.261 e. The first-order valence-electron chi connectivity index (χ1n) is 10.2. The summed E-state index contributed by atoms with van der Waals surface area (Å²) >= 11 is 12.3. The lowest BCUT2D eigenvalue weighted by atomic mass is 10.1. The summed E-state index contributed by atoms with van der Waals surface area (Å²) in [5.74, 6) is 0. The monoisotopic (exact) mass is 514 g/mol. The minimum absolute atomic E-state index is 0.0120. The molecule has 0 radical (unpaired) electrons. The number of sulfonamides is 1. The largest absolute Gasteiger partial charge is 0.358 e. The zero-order valence-electron chi connectivity index (χ0n) is 17.4. The summed E-state index contributed by atoms with van der Waals surface area (Å²) in [6.45, 7) is 4.68. The van der Waals surface area contributed by atoms with Crippen LogP contribution in [0, 0.1) is 4.78 Å². The first kappa shape index (κ1) is 23.4. The highest BCUT2D eigenvalue weighted by Crippen LogP contribution is 2.35. The molecule has 0 saturated carbocycles. The van der Waals surface area contributed by atoms with E-state index in [1.165, 1.54) is 24.3 Å². The van der Waals surface area contributed by atoms with Crippen LogP contribution in [0.15, 0.2) is 52.4 Å². The van der Waals surface area contributed by atoms with Gasteiger partial charge in [-0.05, 0) is 68.9 Å². The Morgan fingerprint density at radius 1 is 1.03 bits per heavy atom. The van der Waals surface area contributed by atoms with Gasteiger partial charge in [-0.25, -0.2) is 17.4 Å². The molecule has 0 spiro atoms. The van der Waals surface area contributed by atoms with E-state index in [4.69, 9.17) is 28.0 Å². The summed E-state index contributed by atoms with van der Waals surface area (Å²) in [4.78, 5) is 5.58. The molecule has 1 aromatic heterocycles. The third-order valence-electron chi connectivity index (χ3n) is 5.92. The second kappa shape index (κ2) is 8.87. The van der Waals surface area contributed by atoms with Crippen LogP contribution in [0.2, 0.25) is 10.0 Å². The average molecular weight is 515 g/mol. The van der Waals surface area contributed by atoms with Crippen LogP contribution >= 0.6 is 23.2 Å². The van der Waals surface area contributed by atoms with Gasteiger partial charge >= 0.3 is 0 Å². The second-order valence-electron chi connectivity index (χ2n) is 7.79. The molecule has 0 amide bonds. The number of nitrogens with zero attached hydrogens (tertiary/aromatic N) is 1. The molecule has 11 heteroatoms. The number of rotatable bonds is 6. The highest BCUT2D eigenvalue weighted by molar-refractivity contribution is 7.93. The molecular weight excluding hydrogens is 491 g/mol. The number of halogens is 2. The molecule has 32 heavy (non-hydrogen) atoms. The van der Waals surface area contributed by atoms with Gasteiger partial charge in [0, 0.05) is 21.7 Å². The van der Waals surface area contributed by atoms with Crippen LogP contribution in [-0.2, 0) is 19.8 Å². The summed E-state index contributed by atoms with van der Waals surface area (Å²) in [7, 11) is -6.94. The Morgan fingerprint density at radius 2 is 1.66 bits per heavy atom. The summed E-state index contributed by atoms with van der Waals surface area (Å²) in [5.41, 5.74) is 0.794. The summed E-state index contributed by atoms with van der Waals surface area (Å²) in [5, 5.41) is 1.11. The van der Waals surface area contributed by atoms with E-state index in [1.807, 2.05) is 0 Å². The number of H-pyrrole nitrogens is 1. The molecular formula is C21H24Cl2N4O3S2. The van der Waals surface area contributed by atoms with Crippen LogP contribution < -0.4 is 4.72 Å². The molecule has 1 unspecified atom stereocenters. The highest BCUT2D eigenvalue weighted by atomic mass is 35.5. The van der Waals surface area contributed by atoms with E-state index in [-0.39, 0.29) is 10.1 Å². The number of aromatic nitrogens is 1. The number of hydrogen-bond acceptors (Lipinski definition) is 5. The van der Waals surface area contributed by atoms with E-state index < -0.39 is 19.8 Å². The zero-order chi connectivity index (χ0) is 23.1. The van der Waals surface area contributed by atoms with E-state index in [2.05, 4.69) is 21.5 Å². The van der Waals surface area contributed by atoms with E-state index in [0.29, 0.717) is 44.4 Å². The van der Waals surface area contributed by atoms with Crippen molar-refractivity contribution in [1.82, 2.24) is 9.88 Å². The van der Waals surface area contributed by atoms with E-state index in [1.54, 1.807) is 18.3 Å². The molecule has 7 nitrogen and oxygen atoms in total. The molecule has 3 aromatic rings. The second-order valence-corrected chi connectivity index (χ2v) is 12.6. The quantitative estimate of drug-likeness (QED) is 0.421. The van der Waals surface area contributed by atoms with Gasteiger partial charge in [-0.2, -0.15) is 0 Å². The summed E-state index contributed by atoms with van der Waals surface area (Å²) in [6.07, 6.45) is 2.94. The van der Waals surface area contributed by atoms with E-state index in [0.717, 1.165) is 19.6 Å². The van der Waals surface area contributed by atoms with Crippen molar-refractivity contribution in [1.29, 1.82) is 4.78 Å². The van der Waals surface area contributed by atoms with E-state index >= 15 is 0 Å². The number of nitrogens with one attached hydrogen (secondary N) is 3. The van der Waals surface area contributed by atoms with Gasteiger partial charge in [0.05, 0.1) is 35.9 Å². The Hall–Kier alpha value is -1.78. The number of aromatic amines is 1. The maximum atomic E-state index is 13.2. The predicted molar refractivity (Wildman–Crippen MR) is 130 cm³/mol. The fourth-order valence-corrected chi connectivity index (χ4v) is 7.46. The van der Waals surface area contributed by atoms with Crippen LogP contribution in [0.1, 0.15) is 19.8 Å². The fourth-order valence-electron chi connectivity index (χ4n) is 4.03. The lowest BCUT2D eigenvalue weighted by Crippen LogP contribution is -2.38. The molecule has 1 aliphatic heterocycles. The molecule has 1 aliphatic rings. The van der Waals surface area contributed by atoms with Crippen LogP contribution in [0.25, 0.3) is 10.9 Å². The van der Waals surface area contributed by atoms with Crippen LogP contribution in [-0.4, -0.2) is 47.4 Å². The lowest BCUT2D eigenvalue weighted by Gasteiger charge is -2.32. The third-order valence-corrected chi connectivity index (χ3v) is 10.3. The third kappa shape index (κ3) is 4.36. The van der Waals surface area contributed by atoms with Gasteiger partial charge in [0.15, 0.2) is 0 Å². The first-order chi connectivity index (χ1) is 15.1. The normalized spacial score (nSPS) is 18.0.